The van der Waals surface area contributed by atoms with Crippen LogP contribution in [-0.2, 0) is 0 Å². The van der Waals surface area contributed by atoms with Gasteiger partial charge in [-0.25, -0.2) is 4.98 Å². The van der Waals surface area contributed by atoms with Crippen molar-refractivity contribution in [3.8, 4) is 56.4 Å². The van der Waals surface area contributed by atoms with E-state index < -0.39 is 0 Å². The summed E-state index contributed by atoms with van der Waals surface area (Å²) in [5.41, 5.74) is 8.02. The Labute approximate surface area is 316 Å². The van der Waals surface area contributed by atoms with E-state index in [0.717, 1.165) is 27.8 Å². The topological polar surface area (TPSA) is 38.7 Å². The Morgan fingerprint density at radius 2 is 0.830 bits per heavy atom. The van der Waals surface area contributed by atoms with Gasteiger partial charge in [-0.05, 0) is 0 Å². The molecule has 0 saturated carbocycles. The van der Waals surface area contributed by atoms with Crippen LogP contribution in [0.1, 0.15) is 0 Å². The predicted octanol–water partition coefficient (Wildman–Crippen LogP) is 9.26. The fraction of sp³-hybridized carbons (Fsp3) is 0. The summed E-state index contributed by atoms with van der Waals surface area (Å²) in [6.07, 6.45) is 0. The number of halogens is 1. The molecule has 248 valence electrons. The molecule has 10 aromatic rings. The van der Waals surface area contributed by atoms with Crippen molar-refractivity contribution in [2.24, 2.45) is 0 Å². The molecule has 1 aliphatic heterocycles. The van der Waals surface area contributed by atoms with Crippen LogP contribution in [0.4, 0.5) is 0 Å². The van der Waals surface area contributed by atoms with E-state index in [1.165, 1.54) is 61.4 Å². The van der Waals surface area contributed by atoms with Gasteiger partial charge in [-0.15, -0.1) is 0 Å². The molecule has 0 amide bonds. The minimum absolute atomic E-state index is 0.269. The van der Waals surface area contributed by atoms with Crippen LogP contribution in [-0.4, -0.2) is 15.0 Å². The van der Waals surface area contributed by atoms with Crippen molar-refractivity contribution in [2.75, 3.05) is 0 Å². The monoisotopic (exact) mass is 786 g/mol. The zero-order valence-corrected chi connectivity index (χ0v) is 30.6. The average Bonchev–Trinajstić information content (AvgIpc) is 3.61. The predicted molar refractivity (Wildman–Crippen MR) is 214 cm³/mol. The molecule has 9 aromatic carbocycles. The maximum atomic E-state index is 5.00. The van der Waals surface area contributed by atoms with Gasteiger partial charge in [0.25, 0.3) is 0 Å². The van der Waals surface area contributed by atoms with E-state index in [1.807, 2.05) is 60.7 Å². The summed E-state index contributed by atoms with van der Waals surface area (Å²) in [7, 11) is 0. The van der Waals surface area contributed by atoms with Gasteiger partial charge < -0.3 is 0 Å². The van der Waals surface area contributed by atoms with Gasteiger partial charge in [0.2, 0.25) is 0 Å². The molecule has 53 heavy (non-hydrogen) atoms. The molecule has 0 spiro atoms. The Kier molecular flexibility index (Phi) is 6.98. The molecular weight excluding hydrogens is 757 g/mol. The number of hydrogen-bond acceptors (Lipinski definition) is 3. The second-order valence-corrected chi connectivity index (χ2v) is 16.4. The van der Waals surface area contributed by atoms with Gasteiger partial charge in [0.1, 0.15) is 0 Å². The molecule has 0 radical (unpaired) electrons. The number of rotatable bonds is 4. The van der Waals surface area contributed by atoms with E-state index in [4.69, 9.17) is 15.0 Å². The minimum Gasteiger partial charge on any atom is -0.0615 e. The zero-order valence-electron chi connectivity index (χ0n) is 28.5. The summed E-state index contributed by atoms with van der Waals surface area (Å²) in [5, 5.41) is 10.5. The average molecular weight is 787 g/mol. The van der Waals surface area contributed by atoms with Crippen LogP contribution in [0.3, 0.4) is 0 Å². The minimum atomic E-state index is -0.269. The van der Waals surface area contributed by atoms with E-state index in [2.05, 4.69) is 115 Å². The van der Waals surface area contributed by atoms with E-state index in [0.29, 0.717) is 17.5 Å². The van der Waals surface area contributed by atoms with Crippen LogP contribution >= 0.6 is 0 Å². The molecule has 0 N–H and O–H groups in total. The third-order valence-corrected chi connectivity index (χ3v) is 13.4. The van der Waals surface area contributed by atoms with Crippen LogP contribution in [0.25, 0.3) is 99.5 Å². The van der Waals surface area contributed by atoms with Gasteiger partial charge in [-0.3, -0.25) is 0 Å². The number of nitrogens with zero attached hydrogens (tertiary/aromatic N) is 3. The van der Waals surface area contributed by atoms with Crippen LogP contribution in [0.15, 0.2) is 176 Å². The molecule has 0 saturated heterocycles. The summed E-state index contributed by atoms with van der Waals surface area (Å²) < 4.78 is 3.03. The first-order valence-electron chi connectivity index (χ1n) is 17.8. The molecule has 4 heteroatoms. The van der Waals surface area contributed by atoms with Crippen molar-refractivity contribution >= 4 is 43.1 Å². The Hall–Kier alpha value is -6.24. The maximum absolute atomic E-state index is 5.00. The first kappa shape index (κ1) is 30.4. The zero-order chi connectivity index (χ0) is 34.9. The van der Waals surface area contributed by atoms with Crippen molar-refractivity contribution < 1.29 is 21.2 Å². The summed E-state index contributed by atoms with van der Waals surface area (Å²) in [5.74, 6) is 1.98. The van der Waals surface area contributed by atoms with Gasteiger partial charge in [-0.2, -0.15) is 0 Å². The van der Waals surface area contributed by atoms with Gasteiger partial charge >= 0.3 is 230 Å². The van der Waals surface area contributed by atoms with E-state index >= 15 is 0 Å². The Morgan fingerprint density at radius 3 is 1.55 bits per heavy atom. The van der Waals surface area contributed by atoms with Gasteiger partial charge in [-0.1, -0.05) is 60.7 Å². The molecular formula is C49H29IN3-. The Balaban J connectivity index is 1.07. The molecule has 1 aromatic heterocycles. The molecule has 11 rings (SSSR count). The fourth-order valence-corrected chi connectivity index (χ4v) is 10.9. The molecule has 3 nitrogen and oxygen atoms in total. The van der Waals surface area contributed by atoms with Crippen molar-refractivity contribution in [2.45, 2.75) is 0 Å². The normalized spacial score (nSPS) is 12.2. The van der Waals surface area contributed by atoms with Crippen molar-refractivity contribution in [3.05, 3.63) is 183 Å². The first-order valence-corrected chi connectivity index (χ1v) is 20.0. The van der Waals surface area contributed by atoms with Gasteiger partial charge in [0.05, 0.1) is 0 Å². The molecule has 1 aliphatic rings. The molecule has 0 bridgehead atoms. The molecule has 0 fully saturated rings. The third-order valence-electron chi connectivity index (χ3n) is 10.4. The number of hydrogen-bond donors (Lipinski definition) is 0. The van der Waals surface area contributed by atoms with Crippen molar-refractivity contribution in [1.82, 2.24) is 15.0 Å². The second-order valence-electron chi connectivity index (χ2n) is 13.5. The van der Waals surface area contributed by atoms with Crippen LogP contribution < -0.4 is 21.2 Å². The standard InChI is InChI=1S/C49H29IN3/c1-3-13-31(14-4-1)47-51-48(32-15-5-2-6-16-32)53-49(52-47)35-18-11-17-33(26-35)34-22-24-39-40(27-34)37-20-9-10-21-38(37)41-28-43-45(29-42(39)41)50-44-25-23-30-12-7-8-19-36(30)46(43)44/h1-29H/q-1. The number of aromatic nitrogens is 3. The third kappa shape index (κ3) is 5.05. The second kappa shape index (κ2) is 12.2. The van der Waals surface area contributed by atoms with E-state index in [9.17, 15) is 0 Å². The SMILES string of the molecule is c1ccc(-c2nc(-c3ccccc3)nc(-c3cccc(-c4ccc5c(c4)c4ccccc4c4cc6c(cc54)[I-]c4ccc5ccccc5c4-6)c3)n2)cc1. The van der Waals surface area contributed by atoms with Gasteiger partial charge in [0, 0.05) is 11.1 Å². The van der Waals surface area contributed by atoms with Crippen molar-refractivity contribution in [1.29, 1.82) is 0 Å². The van der Waals surface area contributed by atoms with E-state index in [-0.39, 0.29) is 21.2 Å². The van der Waals surface area contributed by atoms with Gasteiger partial charge in [0.15, 0.2) is 11.6 Å². The molecule has 0 unspecified atom stereocenters. The fourth-order valence-electron chi connectivity index (χ4n) is 7.91. The van der Waals surface area contributed by atoms with E-state index in [1.54, 1.807) is 0 Å². The quantitative estimate of drug-likeness (QED) is 0.132. The summed E-state index contributed by atoms with van der Waals surface area (Å²) in [6.45, 7) is 0. The first-order chi connectivity index (χ1) is 26.2. The summed E-state index contributed by atoms with van der Waals surface area (Å²) in [4.78, 5) is 14.9. The molecule has 2 heterocycles. The molecule has 0 atom stereocenters. The summed E-state index contributed by atoms with van der Waals surface area (Å²) >= 11 is -0.269. The number of benzene rings is 9. The summed E-state index contributed by atoms with van der Waals surface area (Å²) in [6, 6.07) is 63.3. The smallest absolute Gasteiger partial charge is 0.0615 e. The van der Waals surface area contributed by atoms with Crippen LogP contribution in [0.2, 0.25) is 0 Å². The Morgan fingerprint density at radius 1 is 0.302 bits per heavy atom. The van der Waals surface area contributed by atoms with Crippen molar-refractivity contribution in [3.63, 3.8) is 0 Å². The Bertz CT molecular complexity index is 3030. The number of fused-ring (bicyclic) bond motifs is 11. The molecule has 0 aliphatic carbocycles. The van der Waals surface area contributed by atoms with Crippen LogP contribution in [0, 0.1) is 7.14 Å². The van der Waals surface area contributed by atoms with Crippen LogP contribution in [0.5, 0.6) is 0 Å².